The second kappa shape index (κ2) is 5.54. The number of carboxylic acid groups (broad SMARTS) is 2. The summed E-state index contributed by atoms with van der Waals surface area (Å²) in [6, 6.07) is 14.2. The fourth-order valence-corrected chi connectivity index (χ4v) is 4.88. The number of hydrogen-bond donors (Lipinski definition) is 2. The molecule has 1 aliphatic rings. The molecule has 0 fully saturated rings. The first-order valence-corrected chi connectivity index (χ1v) is 9.32. The highest BCUT2D eigenvalue weighted by Crippen LogP contribution is 2.46. The van der Waals surface area contributed by atoms with Gasteiger partial charge in [-0.2, -0.15) is 0 Å². The fraction of sp³-hybridized carbons (Fsp3) is 0. The normalized spacial score (nSPS) is 13.4. The number of hydrogen-bond acceptors (Lipinski definition) is 5. The van der Waals surface area contributed by atoms with Crippen molar-refractivity contribution in [3.8, 4) is 0 Å². The maximum absolute atomic E-state index is 12.6. The summed E-state index contributed by atoms with van der Waals surface area (Å²) in [6.45, 7) is 0. The Kier molecular flexibility index (Phi) is 3.10. The number of carbonyl (C=O) groups is 4. The van der Waals surface area contributed by atoms with Crippen molar-refractivity contribution in [2.75, 3.05) is 0 Å². The quantitative estimate of drug-likeness (QED) is 0.191. The Morgan fingerprint density at radius 3 is 1.97 bits per heavy atom. The standard InChI is InChI=1S/C24H10O7/c25-21(26)18-16-12-6-2-4-9-3-1-5-10(14(9)12)11-7-8-13-17(15(11)16)20(19(18)22(27)28)24(30)31-23(13)29/h1-8H,(H,25,26)(H,27,28). The summed E-state index contributed by atoms with van der Waals surface area (Å²) in [7, 11) is 0. The molecule has 0 amide bonds. The zero-order valence-corrected chi connectivity index (χ0v) is 15.6. The van der Waals surface area contributed by atoms with Crippen LogP contribution in [0.5, 0.6) is 0 Å². The van der Waals surface area contributed by atoms with Crippen LogP contribution in [0.4, 0.5) is 0 Å². The van der Waals surface area contributed by atoms with Gasteiger partial charge >= 0.3 is 23.9 Å². The van der Waals surface area contributed by atoms with Crippen molar-refractivity contribution in [3.63, 3.8) is 0 Å². The van der Waals surface area contributed by atoms with Gasteiger partial charge in [0.05, 0.1) is 22.3 Å². The third-order valence-electron chi connectivity index (χ3n) is 5.96. The van der Waals surface area contributed by atoms with Crippen molar-refractivity contribution in [2.45, 2.75) is 0 Å². The first kappa shape index (κ1) is 17.3. The number of benzene rings is 5. The molecule has 148 valence electrons. The molecule has 7 nitrogen and oxygen atoms in total. The van der Waals surface area contributed by atoms with E-state index in [0.717, 1.165) is 16.2 Å². The minimum absolute atomic E-state index is 0.0283. The van der Waals surface area contributed by atoms with E-state index in [1.54, 1.807) is 18.2 Å². The van der Waals surface area contributed by atoms with Gasteiger partial charge in [-0.25, -0.2) is 19.2 Å². The molecule has 2 N–H and O–H groups in total. The van der Waals surface area contributed by atoms with Crippen molar-refractivity contribution >= 4 is 67.0 Å². The van der Waals surface area contributed by atoms with Gasteiger partial charge < -0.3 is 14.9 Å². The zero-order chi connectivity index (χ0) is 21.6. The van der Waals surface area contributed by atoms with E-state index in [1.165, 1.54) is 6.07 Å². The summed E-state index contributed by atoms with van der Waals surface area (Å²) in [5.74, 6) is -5.13. The summed E-state index contributed by atoms with van der Waals surface area (Å²) < 4.78 is 4.75. The van der Waals surface area contributed by atoms with E-state index in [-0.39, 0.29) is 16.3 Å². The summed E-state index contributed by atoms with van der Waals surface area (Å²) in [5, 5.41) is 24.3. The van der Waals surface area contributed by atoms with Gasteiger partial charge in [0.2, 0.25) is 0 Å². The largest absolute Gasteiger partial charge is 0.478 e. The summed E-state index contributed by atoms with van der Waals surface area (Å²) >= 11 is 0. The minimum atomic E-state index is -1.58. The lowest BCUT2D eigenvalue weighted by molar-refractivity contribution is 0.0385. The highest BCUT2D eigenvalue weighted by molar-refractivity contribution is 6.41. The molecule has 0 saturated carbocycles. The topological polar surface area (TPSA) is 118 Å². The number of cyclic esters (lactones) is 2. The van der Waals surface area contributed by atoms with Crippen LogP contribution in [0, 0.1) is 0 Å². The summed E-state index contributed by atoms with van der Waals surface area (Å²) in [6.07, 6.45) is 0. The lowest BCUT2D eigenvalue weighted by atomic mass is 9.81. The minimum Gasteiger partial charge on any atom is -0.478 e. The molecule has 6 rings (SSSR count). The van der Waals surface area contributed by atoms with Crippen LogP contribution in [0.25, 0.3) is 43.1 Å². The molecule has 31 heavy (non-hydrogen) atoms. The Balaban J connectivity index is 2.11. The van der Waals surface area contributed by atoms with E-state index in [9.17, 15) is 29.4 Å². The predicted molar refractivity (Wildman–Crippen MR) is 111 cm³/mol. The van der Waals surface area contributed by atoms with Crippen LogP contribution in [0.3, 0.4) is 0 Å². The van der Waals surface area contributed by atoms with Gasteiger partial charge in [0.25, 0.3) is 0 Å². The molecule has 1 heterocycles. The van der Waals surface area contributed by atoms with E-state index in [0.29, 0.717) is 16.2 Å². The van der Waals surface area contributed by atoms with Crippen LogP contribution < -0.4 is 0 Å². The lowest BCUT2D eigenvalue weighted by Gasteiger charge is -2.23. The van der Waals surface area contributed by atoms with Crippen molar-refractivity contribution in [1.82, 2.24) is 0 Å². The molecular weight excluding hydrogens is 400 g/mol. The molecule has 0 spiro atoms. The van der Waals surface area contributed by atoms with E-state index in [2.05, 4.69) is 0 Å². The summed E-state index contributed by atoms with van der Waals surface area (Å²) in [5.41, 5.74) is -1.56. The van der Waals surface area contributed by atoms with Crippen LogP contribution in [0.2, 0.25) is 0 Å². The predicted octanol–water partition coefficient (Wildman–Crippen LogP) is 4.44. The Morgan fingerprint density at radius 2 is 1.29 bits per heavy atom. The van der Waals surface area contributed by atoms with E-state index >= 15 is 0 Å². The van der Waals surface area contributed by atoms with Gasteiger partial charge in [-0.05, 0) is 33.0 Å². The molecule has 5 aromatic rings. The van der Waals surface area contributed by atoms with Crippen LogP contribution in [0.15, 0.2) is 48.5 Å². The molecule has 0 aromatic heterocycles. The molecule has 1 aliphatic heterocycles. The molecular formula is C24H10O7. The monoisotopic (exact) mass is 410 g/mol. The second-order valence-electron chi connectivity index (χ2n) is 7.41. The Labute approximate surface area is 172 Å². The van der Waals surface area contributed by atoms with Crippen LogP contribution >= 0.6 is 0 Å². The molecule has 7 heteroatoms. The van der Waals surface area contributed by atoms with Crippen molar-refractivity contribution in [2.24, 2.45) is 0 Å². The SMILES string of the molecule is O=C(O)c1c2c3c(ccc4c5cccc6cccc(c(c1C(=O)O)c34)c65)C(=O)OC2=O. The van der Waals surface area contributed by atoms with Gasteiger partial charge in [0.15, 0.2) is 0 Å². The molecule has 0 bridgehead atoms. The van der Waals surface area contributed by atoms with E-state index < -0.39 is 40.6 Å². The lowest BCUT2D eigenvalue weighted by Crippen LogP contribution is -2.25. The summed E-state index contributed by atoms with van der Waals surface area (Å²) in [4.78, 5) is 49.7. The molecule has 0 radical (unpaired) electrons. The Bertz CT molecular complexity index is 1690. The third-order valence-corrected chi connectivity index (χ3v) is 5.96. The number of rotatable bonds is 2. The van der Waals surface area contributed by atoms with Gasteiger partial charge in [-0.3, -0.25) is 0 Å². The molecule has 0 aliphatic carbocycles. The van der Waals surface area contributed by atoms with Crippen LogP contribution in [0.1, 0.15) is 41.4 Å². The number of esters is 2. The molecule has 5 aromatic carbocycles. The van der Waals surface area contributed by atoms with Gasteiger partial charge in [0, 0.05) is 16.2 Å². The van der Waals surface area contributed by atoms with E-state index in [1.807, 2.05) is 24.3 Å². The Morgan fingerprint density at radius 1 is 0.645 bits per heavy atom. The zero-order valence-electron chi connectivity index (χ0n) is 15.6. The first-order valence-electron chi connectivity index (χ1n) is 9.32. The molecule has 0 saturated heterocycles. The number of fused-ring (bicyclic) bond motifs is 2. The number of ether oxygens (including phenoxy) is 1. The maximum atomic E-state index is 12.6. The van der Waals surface area contributed by atoms with Gasteiger partial charge in [-0.15, -0.1) is 0 Å². The number of carbonyl (C=O) groups excluding carboxylic acids is 2. The first-order chi connectivity index (χ1) is 14.9. The van der Waals surface area contributed by atoms with Gasteiger partial charge in [0.1, 0.15) is 0 Å². The Hall–Kier alpha value is -4.52. The van der Waals surface area contributed by atoms with E-state index in [4.69, 9.17) is 4.74 Å². The highest BCUT2D eigenvalue weighted by Gasteiger charge is 2.38. The number of aromatic carboxylic acids is 2. The molecule has 0 atom stereocenters. The highest BCUT2D eigenvalue weighted by atomic mass is 16.6. The van der Waals surface area contributed by atoms with Crippen LogP contribution in [-0.2, 0) is 4.74 Å². The third kappa shape index (κ3) is 1.97. The average Bonchev–Trinajstić information content (AvgIpc) is 2.74. The smallest absolute Gasteiger partial charge is 0.347 e. The second-order valence-corrected chi connectivity index (χ2v) is 7.41. The number of carboxylic acids is 2. The van der Waals surface area contributed by atoms with Gasteiger partial charge in [-0.1, -0.05) is 42.5 Å². The fourth-order valence-electron chi connectivity index (χ4n) is 4.88. The van der Waals surface area contributed by atoms with Crippen molar-refractivity contribution in [1.29, 1.82) is 0 Å². The molecule has 0 unspecified atom stereocenters. The maximum Gasteiger partial charge on any atom is 0.347 e. The van der Waals surface area contributed by atoms with Crippen molar-refractivity contribution < 1.29 is 34.1 Å². The average molecular weight is 410 g/mol. The van der Waals surface area contributed by atoms with Crippen LogP contribution in [-0.4, -0.2) is 34.1 Å². The van der Waals surface area contributed by atoms with Crippen molar-refractivity contribution in [3.05, 3.63) is 70.8 Å².